The van der Waals surface area contributed by atoms with E-state index in [1.165, 1.54) is 38.5 Å². The summed E-state index contributed by atoms with van der Waals surface area (Å²) in [4.78, 5) is 3.05. The maximum absolute atomic E-state index is 8.58. The minimum atomic E-state index is 0.0590. The topological polar surface area (TPSA) is 48.8 Å². The predicted octanol–water partition coefficient (Wildman–Crippen LogP) is 3.27. The zero-order valence-corrected chi connectivity index (χ0v) is 7.82. The average molecular weight is 177 g/mol. The van der Waals surface area contributed by atoms with Crippen LogP contribution in [0.5, 0.6) is 0 Å². The Hall–Kier alpha value is -0.690. The molecule has 3 nitrogen and oxygen atoms in total. The molecule has 0 aromatic carbocycles. The van der Waals surface area contributed by atoms with Crippen molar-refractivity contribution in [1.82, 2.24) is 0 Å². The molecule has 3 heteroatoms. The van der Waals surface area contributed by atoms with Crippen LogP contribution in [-0.4, -0.2) is 5.54 Å². The summed E-state index contributed by atoms with van der Waals surface area (Å²) in [6.45, 7) is 0. The first-order chi connectivity index (χ1) is 6.30. The van der Waals surface area contributed by atoms with Crippen LogP contribution in [-0.2, 0) is 0 Å². The predicted molar refractivity (Wildman–Crippen MR) is 50.0 cm³/mol. The van der Waals surface area contributed by atoms with E-state index in [0.29, 0.717) is 0 Å². The normalized spacial score (nSPS) is 51.8. The molecule has 0 amide bonds. The molecule has 0 N–H and O–H groups in total. The third-order valence-corrected chi connectivity index (χ3v) is 4.26. The van der Waals surface area contributed by atoms with Crippen molar-refractivity contribution in [2.24, 2.45) is 22.9 Å². The standard InChI is InChI=1S/C10H15N3/c11-13-12-10-4-7-1-8(5-10)3-9(2-7)6-10/h7-9H,1-6H2. The van der Waals surface area contributed by atoms with Gasteiger partial charge in [0, 0.05) is 10.5 Å². The zero-order valence-electron chi connectivity index (χ0n) is 7.82. The number of azide groups is 1. The Morgan fingerprint density at radius 3 is 1.85 bits per heavy atom. The average Bonchev–Trinajstić information content (AvgIpc) is 2.00. The van der Waals surface area contributed by atoms with Crippen LogP contribution in [0.3, 0.4) is 0 Å². The molecule has 0 spiro atoms. The monoisotopic (exact) mass is 177 g/mol. The highest BCUT2D eigenvalue weighted by Gasteiger charge is 2.50. The second kappa shape index (κ2) is 2.42. The molecular formula is C10H15N3. The largest absolute Gasteiger partial charge is 0.0872 e. The quantitative estimate of drug-likeness (QED) is 0.335. The lowest BCUT2D eigenvalue weighted by Gasteiger charge is -2.54. The van der Waals surface area contributed by atoms with Gasteiger partial charge in [-0.3, -0.25) is 0 Å². The molecule has 4 saturated carbocycles. The first-order valence-corrected chi connectivity index (χ1v) is 5.36. The molecule has 4 rings (SSSR count). The van der Waals surface area contributed by atoms with Gasteiger partial charge in [-0.25, -0.2) is 0 Å². The van der Waals surface area contributed by atoms with Crippen molar-refractivity contribution in [1.29, 1.82) is 0 Å². The Labute approximate surface area is 78.1 Å². The number of hydrogen-bond donors (Lipinski definition) is 0. The summed E-state index contributed by atoms with van der Waals surface area (Å²) in [7, 11) is 0. The van der Waals surface area contributed by atoms with Crippen LogP contribution in [0.1, 0.15) is 38.5 Å². The molecule has 13 heavy (non-hydrogen) atoms. The summed E-state index contributed by atoms with van der Waals surface area (Å²) < 4.78 is 0. The van der Waals surface area contributed by atoms with Crippen LogP contribution in [0.25, 0.3) is 10.4 Å². The smallest absolute Gasteiger partial charge is 0.0496 e. The molecular weight excluding hydrogens is 162 g/mol. The van der Waals surface area contributed by atoms with Gasteiger partial charge in [0.25, 0.3) is 0 Å². The van der Waals surface area contributed by atoms with Gasteiger partial charge in [-0.1, -0.05) is 5.11 Å². The van der Waals surface area contributed by atoms with Crippen LogP contribution in [0, 0.1) is 17.8 Å². The van der Waals surface area contributed by atoms with Gasteiger partial charge in [-0.05, 0) is 61.8 Å². The highest BCUT2D eigenvalue weighted by Crippen LogP contribution is 2.57. The second-order valence-corrected chi connectivity index (χ2v) is 5.33. The van der Waals surface area contributed by atoms with Gasteiger partial charge in [0.15, 0.2) is 0 Å². The van der Waals surface area contributed by atoms with Gasteiger partial charge >= 0.3 is 0 Å². The number of hydrogen-bond acceptors (Lipinski definition) is 1. The first kappa shape index (κ1) is 7.69. The van der Waals surface area contributed by atoms with E-state index in [0.717, 1.165) is 17.8 Å². The van der Waals surface area contributed by atoms with E-state index < -0.39 is 0 Å². The van der Waals surface area contributed by atoms with Gasteiger partial charge in [0.2, 0.25) is 0 Å². The molecule has 0 heterocycles. The van der Waals surface area contributed by atoms with E-state index in [-0.39, 0.29) is 5.54 Å². The van der Waals surface area contributed by atoms with E-state index in [1.54, 1.807) is 0 Å². The van der Waals surface area contributed by atoms with Crippen molar-refractivity contribution in [3.63, 3.8) is 0 Å². The Morgan fingerprint density at radius 2 is 1.46 bits per heavy atom. The van der Waals surface area contributed by atoms with Crippen molar-refractivity contribution >= 4 is 0 Å². The molecule has 0 aromatic rings. The fourth-order valence-electron chi connectivity index (χ4n) is 4.28. The molecule has 0 radical (unpaired) electrons. The van der Waals surface area contributed by atoms with Gasteiger partial charge in [0.05, 0.1) is 0 Å². The summed E-state index contributed by atoms with van der Waals surface area (Å²) in [5, 5.41) is 4.10. The highest BCUT2D eigenvalue weighted by atomic mass is 15.2. The van der Waals surface area contributed by atoms with E-state index in [2.05, 4.69) is 10.0 Å². The Morgan fingerprint density at radius 1 is 1.00 bits per heavy atom. The lowest BCUT2D eigenvalue weighted by Crippen LogP contribution is -2.49. The number of rotatable bonds is 1. The third kappa shape index (κ3) is 1.07. The van der Waals surface area contributed by atoms with Crippen LogP contribution in [0.15, 0.2) is 5.11 Å². The van der Waals surface area contributed by atoms with Gasteiger partial charge in [-0.15, -0.1) is 0 Å². The minimum absolute atomic E-state index is 0.0590. The summed E-state index contributed by atoms with van der Waals surface area (Å²) >= 11 is 0. The molecule has 70 valence electrons. The Kier molecular flexibility index (Phi) is 1.43. The fraction of sp³-hybridized carbons (Fsp3) is 1.00. The van der Waals surface area contributed by atoms with Crippen LogP contribution in [0.4, 0.5) is 0 Å². The Bertz CT molecular complexity index is 243. The maximum Gasteiger partial charge on any atom is 0.0496 e. The van der Waals surface area contributed by atoms with E-state index in [9.17, 15) is 0 Å². The fourth-order valence-corrected chi connectivity index (χ4v) is 4.28. The van der Waals surface area contributed by atoms with Crippen LogP contribution in [0.2, 0.25) is 0 Å². The highest BCUT2D eigenvalue weighted by molar-refractivity contribution is 5.06. The van der Waals surface area contributed by atoms with E-state index in [4.69, 9.17) is 5.53 Å². The van der Waals surface area contributed by atoms with Crippen molar-refractivity contribution in [2.75, 3.05) is 0 Å². The summed E-state index contributed by atoms with van der Waals surface area (Å²) in [6.07, 6.45) is 7.80. The molecule has 4 fully saturated rings. The molecule has 0 unspecified atom stereocenters. The molecule has 0 aliphatic heterocycles. The van der Waals surface area contributed by atoms with Crippen molar-refractivity contribution in [2.45, 2.75) is 44.1 Å². The molecule has 0 atom stereocenters. The van der Waals surface area contributed by atoms with Gasteiger partial charge < -0.3 is 0 Å². The van der Waals surface area contributed by atoms with Crippen molar-refractivity contribution < 1.29 is 0 Å². The Balaban J connectivity index is 1.95. The van der Waals surface area contributed by atoms with E-state index in [1.807, 2.05) is 0 Å². The van der Waals surface area contributed by atoms with Gasteiger partial charge in [0.1, 0.15) is 0 Å². The van der Waals surface area contributed by atoms with Crippen LogP contribution >= 0.6 is 0 Å². The summed E-state index contributed by atoms with van der Waals surface area (Å²) in [5.41, 5.74) is 8.64. The number of nitrogens with zero attached hydrogens (tertiary/aromatic N) is 3. The van der Waals surface area contributed by atoms with Crippen molar-refractivity contribution in [3.05, 3.63) is 10.4 Å². The van der Waals surface area contributed by atoms with Crippen LogP contribution < -0.4 is 0 Å². The minimum Gasteiger partial charge on any atom is -0.0872 e. The molecule has 4 aliphatic rings. The lowest BCUT2D eigenvalue weighted by molar-refractivity contribution is 0.000633. The molecule has 0 saturated heterocycles. The summed E-state index contributed by atoms with van der Waals surface area (Å²) in [5.74, 6) is 2.66. The van der Waals surface area contributed by atoms with E-state index >= 15 is 0 Å². The first-order valence-electron chi connectivity index (χ1n) is 5.36. The zero-order chi connectivity index (χ0) is 8.89. The molecule has 4 bridgehead atoms. The summed E-state index contributed by atoms with van der Waals surface area (Å²) in [6, 6.07) is 0. The molecule has 4 aliphatic carbocycles. The third-order valence-electron chi connectivity index (χ3n) is 4.26. The second-order valence-electron chi connectivity index (χ2n) is 5.33. The maximum atomic E-state index is 8.58. The van der Waals surface area contributed by atoms with Gasteiger partial charge in [-0.2, -0.15) is 0 Å². The lowest BCUT2D eigenvalue weighted by atomic mass is 9.53. The molecule has 0 aromatic heterocycles. The van der Waals surface area contributed by atoms with Crippen molar-refractivity contribution in [3.8, 4) is 0 Å². The SMILES string of the molecule is [N-]=[N+]=NC12CC3CC(CC(C3)C1)C2.